The zero-order chi connectivity index (χ0) is 20.0. The van der Waals surface area contributed by atoms with Crippen molar-refractivity contribution in [3.05, 3.63) is 79.9 Å². The maximum absolute atomic E-state index is 11.9. The number of hydrogen-bond acceptors (Lipinski definition) is 6. The van der Waals surface area contributed by atoms with Gasteiger partial charge in [0.15, 0.2) is 5.11 Å². The number of nitrogens with zero attached hydrogens (tertiary/aromatic N) is 2. The molecule has 0 heterocycles. The molecule has 0 radical (unpaired) electrons. The van der Waals surface area contributed by atoms with E-state index in [9.17, 15) is 25.0 Å². The van der Waals surface area contributed by atoms with Gasteiger partial charge in [-0.3, -0.25) is 30.3 Å². The maximum Gasteiger partial charge on any atom is 0.274 e. The molecule has 0 aliphatic rings. The third kappa shape index (κ3) is 5.41. The standard InChI is InChI=1S/C17H14N4O5S/c1-11-14(6-3-7-15(11)21(25)26)18-17(27)19-16(22)9-8-12-4-2-5-13(10-12)20(23)24/h2-10H,1H3,(H2,18,19,22,27)/b9-8+. The minimum Gasteiger partial charge on any atom is -0.332 e. The van der Waals surface area contributed by atoms with Crippen LogP contribution in [-0.2, 0) is 4.79 Å². The van der Waals surface area contributed by atoms with Gasteiger partial charge in [-0.15, -0.1) is 0 Å². The fourth-order valence-corrected chi connectivity index (χ4v) is 2.39. The van der Waals surface area contributed by atoms with E-state index in [4.69, 9.17) is 12.2 Å². The number of nitro benzene ring substituents is 2. The van der Waals surface area contributed by atoms with E-state index in [0.29, 0.717) is 16.8 Å². The van der Waals surface area contributed by atoms with Gasteiger partial charge in [0.05, 0.1) is 21.1 Å². The van der Waals surface area contributed by atoms with E-state index in [1.165, 1.54) is 42.5 Å². The molecule has 0 saturated heterocycles. The number of thiocarbonyl (C=S) groups is 1. The van der Waals surface area contributed by atoms with Crippen LogP contribution in [0, 0.1) is 27.2 Å². The number of hydrogen-bond donors (Lipinski definition) is 2. The highest BCUT2D eigenvalue weighted by Crippen LogP contribution is 2.24. The average molecular weight is 386 g/mol. The van der Waals surface area contributed by atoms with Gasteiger partial charge in [-0.1, -0.05) is 18.2 Å². The quantitative estimate of drug-likeness (QED) is 0.349. The highest BCUT2D eigenvalue weighted by Gasteiger charge is 2.14. The minimum absolute atomic E-state index is 0.0349. The second-order valence-electron chi connectivity index (χ2n) is 5.34. The molecule has 2 aromatic rings. The number of nitro groups is 2. The normalized spacial score (nSPS) is 10.4. The summed E-state index contributed by atoms with van der Waals surface area (Å²) in [6.07, 6.45) is 2.58. The van der Waals surface area contributed by atoms with E-state index in [1.807, 2.05) is 0 Å². The second kappa shape index (κ2) is 8.63. The number of rotatable bonds is 5. The molecule has 2 N–H and O–H groups in total. The molecule has 138 valence electrons. The van der Waals surface area contributed by atoms with Gasteiger partial charge in [0.2, 0.25) is 5.91 Å². The predicted octanol–water partition coefficient (Wildman–Crippen LogP) is 3.34. The first kappa shape index (κ1) is 19.7. The van der Waals surface area contributed by atoms with E-state index < -0.39 is 15.8 Å². The Balaban J connectivity index is 2.01. The zero-order valence-corrected chi connectivity index (χ0v) is 14.9. The third-order valence-corrected chi connectivity index (χ3v) is 3.70. The van der Waals surface area contributed by atoms with Crippen LogP contribution in [0.2, 0.25) is 0 Å². The lowest BCUT2D eigenvalue weighted by Crippen LogP contribution is -2.33. The summed E-state index contributed by atoms with van der Waals surface area (Å²) in [5.74, 6) is -0.554. The Labute approximate surface area is 159 Å². The molecule has 2 rings (SSSR count). The Bertz CT molecular complexity index is 958. The van der Waals surface area contributed by atoms with Crippen molar-refractivity contribution in [2.45, 2.75) is 6.92 Å². The van der Waals surface area contributed by atoms with Crippen molar-refractivity contribution in [2.75, 3.05) is 5.32 Å². The molecular weight excluding hydrogens is 372 g/mol. The zero-order valence-electron chi connectivity index (χ0n) is 14.0. The van der Waals surface area contributed by atoms with Gasteiger partial charge in [-0.25, -0.2) is 0 Å². The maximum atomic E-state index is 11.9. The van der Waals surface area contributed by atoms with Crippen molar-refractivity contribution < 1.29 is 14.6 Å². The second-order valence-corrected chi connectivity index (χ2v) is 5.74. The van der Waals surface area contributed by atoms with Gasteiger partial charge in [0.25, 0.3) is 11.4 Å². The summed E-state index contributed by atoms with van der Waals surface area (Å²) in [5.41, 5.74) is 1.10. The lowest BCUT2D eigenvalue weighted by atomic mass is 10.1. The van der Waals surface area contributed by atoms with Crippen LogP contribution in [0.15, 0.2) is 48.5 Å². The molecular formula is C17H14N4O5S. The molecule has 0 aliphatic carbocycles. The van der Waals surface area contributed by atoms with E-state index in [-0.39, 0.29) is 16.5 Å². The van der Waals surface area contributed by atoms with E-state index in [1.54, 1.807) is 19.1 Å². The molecule has 9 nitrogen and oxygen atoms in total. The summed E-state index contributed by atoms with van der Waals surface area (Å²) >= 11 is 5.03. The van der Waals surface area contributed by atoms with E-state index in [0.717, 1.165) is 0 Å². The number of nitrogens with one attached hydrogen (secondary N) is 2. The Morgan fingerprint density at radius 2 is 1.81 bits per heavy atom. The molecule has 0 aliphatic heterocycles. The third-order valence-electron chi connectivity index (χ3n) is 3.50. The van der Waals surface area contributed by atoms with Gasteiger partial charge in [0.1, 0.15) is 0 Å². The largest absolute Gasteiger partial charge is 0.332 e. The molecule has 0 atom stereocenters. The van der Waals surface area contributed by atoms with Crippen molar-refractivity contribution in [2.24, 2.45) is 0 Å². The summed E-state index contributed by atoms with van der Waals surface area (Å²) < 4.78 is 0. The van der Waals surface area contributed by atoms with Crippen LogP contribution in [0.4, 0.5) is 17.1 Å². The number of benzene rings is 2. The van der Waals surface area contributed by atoms with Gasteiger partial charge < -0.3 is 5.32 Å². The topological polar surface area (TPSA) is 127 Å². The molecule has 0 spiro atoms. The summed E-state index contributed by atoms with van der Waals surface area (Å²) in [6, 6.07) is 10.3. The Morgan fingerprint density at radius 1 is 1.11 bits per heavy atom. The highest BCUT2D eigenvalue weighted by molar-refractivity contribution is 7.80. The lowest BCUT2D eigenvalue weighted by molar-refractivity contribution is -0.385. The molecule has 10 heteroatoms. The lowest BCUT2D eigenvalue weighted by Gasteiger charge is -2.10. The average Bonchev–Trinajstić information content (AvgIpc) is 2.61. The van der Waals surface area contributed by atoms with Crippen LogP contribution < -0.4 is 10.6 Å². The van der Waals surface area contributed by atoms with E-state index in [2.05, 4.69) is 10.6 Å². The van der Waals surface area contributed by atoms with Crippen molar-refractivity contribution >= 4 is 46.4 Å². The summed E-state index contributed by atoms with van der Waals surface area (Å²) in [6.45, 7) is 1.56. The smallest absolute Gasteiger partial charge is 0.274 e. The van der Waals surface area contributed by atoms with Crippen LogP contribution >= 0.6 is 12.2 Å². The Kier molecular flexibility index (Phi) is 6.28. The summed E-state index contributed by atoms with van der Waals surface area (Å²) in [4.78, 5) is 32.6. The van der Waals surface area contributed by atoms with Gasteiger partial charge >= 0.3 is 0 Å². The van der Waals surface area contributed by atoms with Crippen molar-refractivity contribution in [3.63, 3.8) is 0 Å². The van der Waals surface area contributed by atoms with Gasteiger partial charge in [0, 0.05) is 24.3 Å². The first-order valence-electron chi connectivity index (χ1n) is 7.56. The van der Waals surface area contributed by atoms with Crippen molar-refractivity contribution in [1.29, 1.82) is 0 Å². The molecule has 0 unspecified atom stereocenters. The number of carbonyl (C=O) groups is 1. The van der Waals surface area contributed by atoms with Crippen LogP contribution in [0.3, 0.4) is 0 Å². The summed E-state index contributed by atoms with van der Waals surface area (Å²) in [7, 11) is 0. The molecule has 0 saturated carbocycles. The molecule has 27 heavy (non-hydrogen) atoms. The number of amides is 1. The van der Waals surface area contributed by atoms with Crippen molar-refractivity contribution in [3.8, 4) is 0 Å². The highest BCUT2D eigenvalue weighted by atomic mass is 32.1. The molecule has 0 aromatic heterocycles. The molecule has 0 bridgehead atoms. The van der Waals surface area contributed by atoms with Crippen LogP contribution in [0.25, 0.3) is 6.08 Å². The molecule has 1 amide bonds. The number of non-ortho nitro benzene ring substituents is 1. The van der Waals surface area contributed by atoms with Gasteiger partial charge in [-0.2, -0.15) is 0 Å². The number of carbonyl (C=O) groups excluding carboxylic acids is 1. The Morgan fingerprint density at radius 3 is 2.48 bits per heavy atom. The monoisotopic (exact) mass is 386 g/mol. The predicted molar refractivity (Wildman–Crippen MR) is 104 cm³/mol. The number of anilines is 1. The minimum atomic E-state index is -0.554. The first-order chi connectivity index (χ1) is 12.8. The first-order valence-corrected chi connectivity index (χ1v) is 7.97. The van der Waals surface area contributed by atoms with Crippen LogP contribution in [0.5, 0.6) is 0 Å². The Hall–Kier alpha value is -3.66. The fraction of sp³-hybridized carbons (Fsp3) is 0.0588. The van der Waals surface area contributed by atoms with Crippen LogP contribution in [-0.4, -0.2) is 20.9 Å². The van der Waals surface area contributed by atoms with Crippen molar-refractivity contribution in [1.82, 2.24) is 5.32 Å². The SMILES string of the molecule is Cc1c(NC(=S)NC(=O)/C=C/c2cccc([N+](=O)[O-])c2)cccc1[N+](=O)[O-]. The summed E-state index contributed by atoms with van der Waals surface area (Å²) in [5, 5.41) is 26.8. The molecule has 0 fully saturated rings. The van der Waals surface area contributed by atoms with Gasteiger partial charge in [-0.05, 0) is 36.8 Å². The van der Waals surface area contributed by atoms with E-state index >= 15 is 0 Å². The fourth-order valence-electron chi connectivity index (χ4n) is 2.18. The molecule has 2 aromatic carbocycles. The van der Waals surface area contributed by atoms with Crippen LogP contribution in [0.1, 0.15) is 11.1 Å².